The fourth-order valence-electron chi connectivity index (χ4n) is 1.17. The van der Waals surface area contributed by atoms with Crippen LogP contribution in [0.4, 0.5) is 0 Å². The van der Waals surface area contributed by atoms with Gasteiger partial charge in [-0.1, -0.05) is 29.3 Å². The Balaban J connectivity index is 2.04. The van der Waals surface area contributed by atoms with Gasteiger partial charge in [0.25, 0.3) is 0 Å². The third-order valence-electron chi connectivity index (χ3n) is 1.96. The van der Waals surface area contributed by atoms with E-state index in [1.54, 1.807) is 0 Å². The molecule has 0 atom stereocenters. The molecule has 17 heavy (non-hydrogen) atoms. The zero-order chi connectivity index (χ0) is 12.3. The maximum Gasteiger partial charge on any atom is 0.341 e. The third-order valence-corrected chi connectivity index (χ3v) is 3.31. The van der Waals surface area contributed by atoms with Crippen LogP contribution >= 0.6 is 34.5 Å². The first-order valence-corrected chi connectivity index (χ1v) is 6.32. The van der Waals surface area contributed by atoms with Crippen LogP contribution in [0.15, 0.2) is 29.6 Å². The molecule has 0 bridgehead atoms. The maximum atomic E-state index is 11.7. The highest BCUT2D eigenvalue weighted by Gasteiger charge is 2.13. The predicted molar refractivity (Wildman–Crippen MR) is 67.7 cm³/mol. The van der Waals surface area contributed by atoms with Gasteiger partial charge in [-0.15, -0.1) is 11.3 Å². The first kappa shape index (κ1) is 12.4. The summed E-state index contributed by atoms with van der Waals surface area (Å²) in [7, 11) is 0. The van der Waals surface area contributed by atoms with Gasteiger partial charge < -0.3 is 4.74 Å². The van der Waals surface area contributed by atoms with Crippen LogP contribution in [-0.4, -0.2) is 11.0 Å². The van der Waals surface area contributed by atoms with Gasteiger partial charge in [-0.05, 0) is 23.6 Å². The molecule has 0 spiro atoms. The Hall–Kier alpha value is -1.10. The number of carbonyl (C=O) groups is 1. The lowest BCUT2D eigenvalue weighted by Gasteiger charge is -2.04. The van der Waals surface area contributed by atoms with E-state index in [0.717, 1.165) is 4.88 Å². The van der Waals surface area contributed by atoms with E-state index in [-0.39, 0.29) is 22.5 Å². The Morgan fingerprint density at radius 1 is 1.35 bits per heavy atom. The normalized spacial score (nSPS) is 10.2. The Kier molecular flexibility index (Phi) is 3.99. The number of carbonyl (C=O) groups excluding carboxylic acids is 1. The summed E-state index contributed by atoms with van der Waals surface area (Å²) in [5.41, 5.74) is 0.215. The number of hydrogen-bond acceptors (Lipinski definition) is 4. The van der Waals surface area contributed by atoms with E-state index in [1.807, 2.05) is 17.5 Å². The molecule has 0 amide bonds. The number of ether oxygens (including phenoxy) is 1. The number of rotatable bonds is 3. The second-order valence-electron chi connectivity index (χ2n) is 3.13. The number of halogens is 2. The second kappa shape index (κ2) is 5.49. The van der Waals surface area contributed by atoms with Crippen molar-refractivity contribution in [3.63, 3.8) is 0 Å². The van der Waals surface area contributed by atoms with Crippen molar-refractivity contribution in [2.24, 2.45) is 0 Å². The summed E-state index contributed by atoms with van der Waals surface area (Å²) in [6.07, 6.45) is 0. The van der Waals surface area contributed by atoms with Crippen LogP contribution in [0.2, 0.25) is 10.3 Å². The molecular formula is C11H7Cl2NO2S. The summed E-state index contributed by atoms with van der Waals surface area (Å²) >= 11 is 12.9. The number of pyridine rings is 1. The SMILES string of the molecule is O=C(OCc1cccs1)c1ccc(Cl)nc1Cl. The van der Waals surface area contributed by atoms with Crippen molar-refractivity contribution in [1.82, 2.24) is 4.98 Å². The summed E-state index contributed by atoms with van der Waals surface area (Å²) in [6.45, 7) is 0.232. The fraction of sp³-hybridized carbons (Fsp3) is 0.0909. The van der Waals surface area contributed by atoms with Gasteiger partial charge in [0.15, 0.2) is 0 Å². The standard InChI is InChI=1S/C11H7Cl2NO2S/c12-9-4-3-8(10(13)14-9)11(15)16-6-7-2-1-5-17-7/h1-5H,6H2. The van der Waals surface area contributed by atoms with Crippen molar-refractivity contribution in [3.05, 3.63) is 50.4 Å². The van der Waals surface area contributed by atoms with Gasteiger partial charge in [0.2, 0.25) is 0 Å². The Labute approximate surface area is 112 Å². The van der Waals surface area contributed by atoms with Crippen LogP contribution in [0.1, 0.15) is 15.2 Å². The zero-order valence-corrected chi connectivity index (χ0v) is 10.9. The van der Waals surface area contributed by atoms with Gasteiger partial charge in [-0.2, -0.15) is 0 Å². The molecule has 0 aliphatic rings. The van der Waals surface area contributed by atoms with Crippen LogP contribution in [0, 0.1) is 0 Å². The van der Waals surface area contributed by atoms with Crippen LogP contribution in [0.25, 0.3) is 0 Å². The molecule has 0 aliphatic heterocycles. The molecular weight excluding hydrogens is 281 g/mol. The molecule has 2 rings (SSSR count). The van der Waals surface area contributed by atoms with Crippen molar-refractivity contribution in [3.8, 4) is 0 Å². The smallest absolute Gasteiger partial charge is 0.341 e. The molecule has 2 aromatic rings. The van der Waals surface area contributed by atoms with E-state index in [4.69, 9.17) is 27.9 Å². The molecule has 0 N–H and O–H groups in total. The highest BCUT2D eigenvalue weighted by Crippen LogP contribution is 2.18. The fourth-order valence-corrected chi connectivity index (χ4v) is 2.21. The topological polar surface area (TPSA) is 39.2 Å². The summed E-state index contributed by atoms with van der Waals surface area (Å²) in [5, 5.41) is 2.21. The summed E-state index contributed by atoms with van der Waals surface area (Å²) in [4.78, 5) is 16.4. The van der Waals surface area contributed by atoms with Crippen molar-refractivity contribution in [2.75, 3.05) is 0 Å². The zero-order valence-electron chi connectivity index (χ0n) is 8.52. The van der Waals surface area contributed by atoms with Gasteiger partial charge >= 0.3 is 5.97 Å². The molecule has 88 valence electrons. The van der Waals surface area contributed by atoms with Gasteiger partial charge in [-0.25, -0.2) is 9.78 Å². The first-order valence-electron chi connectivity index (χ1n) is 4.68. The molecule has 0 fully saturated rings. The summed E-state index contributed by atoms with van der Waals surface area (Å²) < 4.78 is 5.10. The summed E-state index contributed by atoms with van der Waals surface area (Å²) in [5.74, 6) is -0.507. The molecule has 3 nitrogen and oxygen atoms in total. The quantitative estimate of drug-likeness (QED) is 0.637. The molecule has 0 saturated carbocycles. The lowest BCUT2D eigenvalue weighted by molar-refractivity contribution is 0.0476. The van der Waals surface area contributed by atoms with Gasteiger partial charge in [0, 0.05) is 4.88 Å². The van der Waals surface area contributed by atoms with E-state index in [0.29, 0.717) is 0 Å². The third kappa shape index (κ3) is 3.19. The number of esters is 1. The van der Waals surface area contributed by atoms with E-state index >= 15 is 0 Å². The summed E-state index contributed by atoms with van der Waals surface area (Å²) in [6, 6.07) is 6.77. The van der Waals surface area contributed by atoms with E-state index < -0.39 is 5.97 Å². The van der Waals surface area contributed by atoms with Crippen LogP contribution in [0.5, 0.6) is 0 Å². The van der Waals surface area contributed by atoms with Crippen LogP contribution in [-0.2, 0) is 11.3 Å². The average Bonchev–Trinajstić information content (AvgIpc) is 2.78. The number of thiophene rings is 1. The van der Waals surface area contributed by atoms with Crippen LogP contribution in [0.3, 0.4) is 0 Å². The molecule has 0 radical (unpaired) electrons. The minimum atomic E-state index is -0.507. The first-order chi connectivity index (χ1) is 8.16. The highest BCUT2D eigenvalue weighted by atomic mass is 35.5. The molecule has 0 unspecified atom stereocenters. The lowest BCUT2D eigenvalue weighted by Crippen LogP contribution is -2.06. The number of nitrogens with zero attached hydrogens (tertiary/aromatic N) is 1. The van der Waals surface area contributed by atoms with Crippen molar-refractivity contribution in [1.29, 1.82) is 0 Å². The Bertz CT molecular complexity index is 528. The number of aromatic nitrogens is 1. The molecule has 0 saturated heterocycles. The van der Waals surface area contributed by atoms with Gasteiger partial charge in [0.05, 0.1) is 5.56 Å². The predicted octanol–water partition coefficient (Wildman–Crippen LogP) is 3.81. The molecule has 0 aromatic carbocycles. The van der Waals surface area contributed by atoms with E-state index in [2.05, 4.69) is 4.98 Å². The Morgan fingerprint density at radius 3 is 2.82 bits per heavy atom. The van der Waals surface area contributed by atoms with Crippen molar-refractivity contribution < 1.29 is 9.53 Å². The molecule has 2 heterocycles. The van der Waals surface area contributed by atoms with Gasteiger partial charge in [0.1, 0.15) is 16.9 Å². The highest BCUT2D eigenvalue weighted by molar-refractivity contribution is 7.09. The van der Waals surface area contributed by atoms with E-state index in [1.165, 1.54) is 23.5 Å². The molecule has 6 heteroatoms. The molecule has 2 aromatic heterocycles. The number of hydrogen-bond donors (Lipinski definition) is 0. The Morgan fingerprint density at radius 2 is 2.18 bits per heavy atom. The average molecular weight is 288 g/mol. The second-order valence-corrected chi connectivity index (χ2v) is 4.91. The lowest BCUT2D eigenvalue weighted by atomic mass is 10.3. The minimum Gasteiger partial charge on any atom is -0.456 e. The monoisotopic (exact) mass is 287 g/mol. The van der Waals surface area contributed by atoms with Crippen LogP contribution < -0.4 is 0 Å². The minimum absolute atomic E-state index is 0.0497. The maximum absolute atomic E-state index is 11.7. The van der Waals surface area contributed by atoms with E-state index in [9.17, 15) is 4.79 Å². The largest absolute Gasteiger partial charge is 0.456 e. The van der Waals surface area contributed by atoms with Gasteiger partial charge in [-0.3, -0.25) is 0 Å². The van der Waals surface area contributed by atoms with Crippen molar-refractivity contribution in [2.45, 2.75) is 6.61 Å². The van der Waals surface area contributed by atoms with Crippen molar-refractivity contribution >= 4 is 40.5 Å². The molecule has 0 aliphatic carbocycles.